The van der Waals surface area contributed by atoms with Crippen molar-refractivity contribution in [2.75, 3.05) is 33.2 Å². The van der Waals surface area contributed by atoms with Crippen molar-refractivity contribution in [1.82, 2.24) is 15.1 Å². The zero-order chi connectivity index (χ0) is 17.2. The highest BCUT2D eigenvalue weighted by Crippen LogP contribution is 2.37. The topological polar surface area (TPSA) is 72.9 Å². The lowest BCUT2D eigenvalue weighted by atomic mass is 9.71. The van der Waals surface area contributed by atoms with Crippen molar-refractivity contribution in [2.45, 2.75) is 63.5 Å². The highest BCUT2D eigenvalue weighted by atomic mass is 16.3. The SMILES string of the molecule is CN(C(=O)CN1CC[C@H](O)[C@@]2(CCCNC2=O)C1)C1CCCCC1. The van der Waals surface area contributed by atoms with Crippen LogP contribution in [-0.4, -0.2) is 72.1 Å². The molecule has 3 aliphatic rings. The predicted octanol–water partition coefficient (Wildman–Crippen LogP) is 0.740. The van der Waals surface area contributed by atoms with Crippen molar-refractivity contribution in [3.63, 3.8) is 0 Å². The first kappa shape index (κ1) is 17.7. The molecule has 3 rings (SSSR count). The summed E-state index contributed by atoms with van der Waals surface area (Å²) >= 11 is 0. The van der Waals surface area contributed by atoms with Crippen molar-refractivity contribution >= 4 is 11.8 Å². The first-order valence-corrected chi connectivity index (χ1v) is 9.47. The molecule has 6 nitrogen and oxygen atoms in total. The Balaban J connectivity index is 1.60. The lowest BCUT2D eigenvalue weighted by molar-refractivity contribution is -0.152. The second-order valence-corrected chi connectivity index (χ2v) is 7.83. The molecular weight excluding hydrogens is 306 g/mol. The molecule has 0 aromatic rings. The molecule has 1 aliphatic carbocycles. The molecule has 2 N–H and O–H groups in total. The number of nitrogens with one attached hydrogen (secondary N) is 1. The third kappa shape index (κ3) is 3.45. The molecule has 0 aromatic carbocycles. The largest absolute Gasteiger partial charge is 0.392 e. The van der Waals surface area contributed by atoms with Gasteiger partial charge in [-0.05, 0) is 32.1 Å². The number of aliphatic hydroxyl groups excluding tert-OH is 1. The van der Waals surface area contributed by atoms with Gasteiger partial charge in [0.05, 0.1) is 18.1 Å². The van der Waals surface area contributed by atoms with Gasteiger partial charge in [0.1, 0.15) is 0 Å². The number of likely N-dealkylation sites (tertiary alicyclic amines) is 1. The number of hydrogen-bond acceptors (Lipinski definition) is 4. The molecule has 2 atom stereocenters. The summed E-state index contributed by atoms with van der Waals surface area (Å²) in [5.74, 6) is 0.101. The summed E-state index contributed by atoms with van der Waals surface area (Å²) in [4.78, 5) is 29.1. The van der Waals surface area contributed by atoms with Crippen LogP contribution in [0.15, 0.2) is 0 Å². The van der Waals surface area contributed by atoms with Gasteiger partial charge < -0.3 is 15.3 Å². The van der Waals surface area contributed by atoms with Crippen LogP contribution in [0.25, 0.3) is 0 Å². The fourth-order valence-corrected chi connectivity index (χ4v) is 4.64. The lowest BCUT2D eigenvalue weighted by Crippen LogP contribution is -2.62. The first-order valence-electron chi connectivity index (χ1n) is 9.47. The van der Waals surface area contributed by atoms with Gasteiger partial charge in [-0.15, -0.1) is 0 Å². The standard InChI is InChI=1S/C18H31N3O3/c1-20(14-6-3-2-4-7-14)16(23)12-21-11-8-15(22)18(13-21)9-5-10-19-17(18)24/h14-15,22H,2-13H2,1H3,(H,19,24)/t15-,18+/m0/s1. The molecule has 3 fully saturated rings. The van der Waals surface area contributed by atoms with Crippen LogP contribution in [0.3, 0.4) is 0 Å². The van der Waals surface area contributed by atoms with Crippen LogP contribution in [-0.2, 0) is 9.59 Å². The molecule has 0 aromatic heterocycles. The minimum Gasteiger partial charge on any atom is -0.392 e. The van der Waals surface area contributed by atoms with Gasteiger partial charge in [-0.2, -0.15) is 0 Å². The summed E-state index contributed by atoms with van der Waals surface area (Å²) < 4.78 is 0. The Bertz CT molecular complexity index is 478. The van der Waals surface area contributed by atoms with E-state index in [1.807, 2.05) is 11.9 Å². The summed E-state index contributed by atoms with van der Waals surface area (Å²) in [7, 11) is 1.92. The van der Waals surface area contributed by atoms with E-state index in [1.165, 1.54) is 19.3 Å². The Labute approximate surface area is 144 Å². The van der Waals surface area contributed by atoms with Crippen LogP contribution in [0.2, 0.25) is 0 Å². The maximum absolute atomic E-state index is 12.7. The van der Waals surface area contributed by atoms with Crippen molar-refractivity contribution < 1.29 is 14.7 Å². The van der Waals surface area contributed by atoms with Crippen LogP contribution in [0.4, 0.5) is 0 Å². The minimum atomic E-state index is -0.722. The maximum Gasteiger partial charge on any atom is 0.236 e. The molecule has 2 amide bonds. The molecule has 0 bridgehead atoms. The second kappa shape index (κ2) is 7.40. The van der Waals surface area contributed by atoms with Crippen LogP contribution < -0.4 is 5.32 Å². The van der Waals surface area contributed by atoms with Crippen molar-refractivity contribution in [3.05, 3.63) is 0 Å². The molecule has 1 saturated carbocycles. The third-order valence-corrected chi connectivity index (χ3v) is 6.27. The van der Waals surface area contributed by atoms with Gasteiger partial charge in [-0.3, -0.25) is 14.5 Å². The number of piperidine rings is 2. The molecule has 2 aliphatic heterocycles. The molecule has 0 radical (unpaired) electrons. The van der Waals surface area contributed by atoms with E-state index in [9.17, 15) is 14.7 Å². The van der Waals surface area contributed by atoms with Crippen molar-refractivity contribution in [3.8, 4) is 0 Å². The zero-order valence-electron chi connectivity index (χ0n) is 14.8. The molecule has 2 saturated heterocycles. The van der Waals surface area contributed by atoms with Gasteiger partial charge in [0.25, 0.3) is 0 Å². The summed E-state index contributed by atoms with van der Waals surface area (Å²) in [6, 6.07) is 0.369. The molecule has 2 heterocycles. The van der Waals surface area contributed by atoms with Crippen molar-refractivity contribution in [2.24, 2.45) is 5.41 Å². The highest BCUT2D eigenvalue weighted by molar-refractivity contribution is 5.84. The quantitative estimate of drug-likeness (QED) is 0.797. The smallest absolute Gasteiger partial charge is 0.236 e. The summed E-state index contributed by atoms with van der Waals surface area (Å²) in [6.45, 7) is 2.22. The Kier molecular flexibility index (Phi) is 5.45. The zero-order valence-corrected chi connectivity index (χ0v) is 14.8. The van der Waals surface area contributed by atoms with E-state index in [-0.39, 0.29) is 11.8 Å². The first-order chi connectivity index (χ1) is 11.5. The Morgan fingerprint density at radius 3 is 2.75 bits per heavy atom. The van der Waals surface area contributed by atoms with Crippen LogP contribution >= 0.6 is 0 Å². The van der Waals surface area contributed by atoms with Gasteiger partial charge in [0, 0.05) is 32.7 Å². The summed E-state index contributed by atoms with van der Waals surface area (Å²) in [5, 5.41) is 13.3. The number of nitrogens with zero attached hydrogens (tertiary/aromatic N) is 2. The van der Waals surface area contributed by atoms with Gasteiger partial charge in [0.2, 0.25) is 11.8 Å². The molecule has 0 unspecified atom stereocenters. The van der Waals surface area contributed by atoms with E-state index in [4.69, 9.17) is 0 Å². The highest BCUT2D eigenvalue weighted by Gasteiger charge is 2.49. The van der Waals surface area contributed by atoms with Crippen LogP contribution in [0.5, 0.6) is 0 Å². The number of aliphatic hydroxyl groups is 1. The van der Waals surface area contributed by atoms with Gasteiger partial charge >= 0.3 is 0 Å². The summed E-state index contributed by atoms with van der Waals surface area (Å²) in [5.41, 5.74) is -0.722. The van der Waals surface area contributed by atoms with Gasteiger partial charge in [-0.25, -0.2) is 0 Å². The number of likely N-dealkylation sites (N-methyl/N-ethyl adjacent to an activating group) is 1. The molecule has 6 heteroatoms. The van der Waals surface area contributed by atoms with E-state index >= 15 is 0 Å². The fraction of sp³-hybridized carbons (Fsp3) is 0.889. The average molecular weight is 337 g/mol. The number of hydrogen-bond donors (Lipinski definition) is 2. The Hall–Kier alpha value is -1.14. The van der Waals surface area contributed by atoms with Gasteiger partial charge in [-0.1, -0.05) is 19.3 Å². The van der Waals surface area contributed by atoms with E-state index in [1.54, 1.807) is 0 Å². The fourth-order valence-electron chi connectivity index (χ4n) is 4.64. The average Bonchev–Trinajstić information content (AvgIpc) is 2.60. The molecule has 136 valence electrons. The number of amides is 2. The molecule has 24 heavy (non-hydrogen) atoms. The van der Waals surface area contributed by atoms with E-state index in [0.717, 1.165) is 19.3 Å². The minimum absolute atomic E-state index is 0.0426. The predicted molar refractivity (Wildman–Crippen MR) is 91.4 cm³/mol. The Morgan fingerprint density at radius 1 is 1.29 bits per heavy atom. The maximum atomic E-state index is 12.7. The monoisotopic (exact) mass is 337 g/mol. The van der Waals surface area contributed by atoms with Crippen molar-refractivity contribution in [1.29, 1.82) is 0 Å². The summed E-state index contributed by atoms with van der Waals surface area (Å²) in [6.07, 6.45) is 7.48. The lowest BCUT2D eigenvalue weighted by Gasteiger charge is -2.47. The molecular formula is C18H31N3O3. The van der Waals surface area contributed by atoms with Crippen LogP contribution in [0.1, 0.15) is 51.4 Å². The third-order valence-electron chi connectivity index (χ3n) is 6.27. The second-order valence-electron chi connectivity index (χ2n) is 7.83. The number of rotatable bonds is 3. The van der Waals surface area contributed by atoms with E-state index in [2.05, 4.69) is 10.2 Å². The van der Waals surface area contributed by atoms with Crippen LogP contribution in [0, 0.1) is 5.41 Å². The van der Waals surface area contributed by atoms with Gasteiger partial charge in [0.15, 0.2) is 0 Å². The number of carbonyl (C=O) groups is 2. The van der Waals surface area contributed by atoms with E-state index in [0.29, 0.717) is 45.1 Å². The Morgan fingerprint density at radius 2 is 2.04 bits per heavy atom. The van der Waals surface area contributed by atoms with E-state index < -0.39 is 11.5 Å². The molecule has 1 spiro atoms. The number of carbonyl (C=O) groups excluding carboxylic acids is 2. The normalized spacial score (nSPS) is 32.6.